The number of nitriles is 2. The highest BCUT2D eigenvalue weighted by Crippen LogP contribution is 1.99. The Morgan fingerprint density at radius 3 is 2.62 bits per heavy atom. The number of hydrogen-bond donors (Lipinski definition) is 0. The summed E-state index contributed by atoms with van der Waals surface area (Å²) >= 11 is 1.20. The van der Waals surface area contributed by atoms with E-state index in [-0.39, 0.29) is 0 Å². The van der Waals surface area contributed by atoms with E-state index in [1.54, 1.807) is 0 Å². The Morgan fingerprint density at radius 1 is 1.38 bits per heavy atom. The number of hydrogen-bond acceptors (Lipinski definition) is 3. The van der Waals surface area contributed by atoms with Gasteiger partial charge in [0.2, 0.25) is 0 Å². The van der Waals surface area contributed by atoms with Gasteiger partial charge in [0.15, 0.2) is 0 Å². The third-order valence-electron chi connectivity index (χ3n) is 0.600. The summed E-state index contributed by atoms with van der Waals surface area (Å²) in [7, 11) is 0. The highest BCUT2D eigenvalue weighted by atomic mass is 32.2. The smallest absolute Gasteiger partial charge is 0.133 e. The van der Waals surface area contributed by atoms with Crippen LogP contribution in [0.4, 0.5) is 0 Å². The van der Waals surface area contributed by atoms with Gasteiger partial charge in [-0.05, 0) is 18.2 Å². The molecule has 0 saturated heterocycles. The summed E-state index contributed by atoms with van der Waals surface area (Å²) in [4.78, 5) is 0. The first-order chi connectivity index (χ1) is 3.91. The fourth-order valence-electron chi connectivity index (χ4n) is 0.269. The van der Waals surface area contributed by atoms with Crippen LogP contribution in [0.25, 0.3) is 0 Å². The van der Waals surface area contributed by atoms with Crippen LogP contribution in [0.5, 0.6) is 0 Å². The van der Waals surface area contributed by atoms with E-state index in [9.17, 15) is 0 Å². The number of thioether (sulfide) groups is 1. The second-order valence-corrected chi connectivity index (χ2v) is 2.08. The van der Waals surface area contributed by atoms with Crippen LogP contribution in [0, 0.1) is 22.0 Å². The van der Waals surface area contributed by atoms with Gasteiger partial charge in [-0.3, -0.25) is 0 Å². The Morgan fingerprint density at radius 2 is 2.12 bits per heavy atom. The molecule has 0 unspecified atom stereocenters. The van der Waals surface area contributed by atoms with Gasteiger partial charge in [0.1, 0.15) is 5.40 Å². The van der Waals surface area contributed by atoms with E-state index in [0.717, 1.165) is 12.2 Å². The Bertz CT molecular complexity index is 103. The zero-order valence-corrected chi connectivity index (χ0v) is 5.24. The summed E-state index contributed by atoms with van der Waals surface area (Å²) in [6, 6.07) is 2.00. The van der Waals surface area contributed by atoms with Crippen LogP contribution < -0.4 is 0 Å². The molecule has 0 radical (unpaired) electrons. The van der Waals surface area contributed by atoms with Crippen molar-refractivity contribution in [1.82, 2.24) is 0 Å². The predicted molar refractivity (Wildman–Crippen MR) is 32.9 cm³/mol. The van der Waals surface area contributed by atoms with Crippen molar-refractivity contribution >= 4 is 11.8 Å². The molecule has 2 nitrogen and oxygen atoms in total. The molecule has 0 N–H and O–H groups in total. The molecule has 0 aliphatic rings. The molecule has 0 aromatic heterocycles. The fourth-order valence-corrected chi connectivity index (χ4v) is 0.649. The SMILES string of the molecule is N#CCCCSC#N. The fraction of sp³-hybridized carbons (Fsp3) is 0.600. The maximum absolute atomic E-state index is 8.02. The molecule has 0 atom stereocenters. The topological polar surface area (TPSA) is 47.6 Å². The molecule has 0 saturated carbocycles. The normalized spacial score (nSPS) is 7.25. The number of rotatable bonds is 3. The average Bonchev–Trinajstić information content (AvgIpc) is 1.81. The van der Waals surface area contributed by atoms with Crippen LogP contribution >= 0.6 is 11.8 Å². The van der Waals surface area contributed by atoms with Gasteiger partial charge in [0, 0.05) is 12.2 Å². The van der Waals surface area contributed by atoms with E-state index in [0.29, 0.717) is 6.42 Å². The van der Waals surface area contributed by atoms with Crippen molar-refractivity contribution in [2.75, 3.05) is 5.75 Å². The van der Waals surface area contributed by atoms with Gasteiger partial charge < -0.3 is 0 Å². The molecule has 0 aromatic rings. The first-order valence-corrected chi connectivity index (χ1v) is 3.28. The zero-order chi connectivity index (χ0) is 6.24. The highest BCUT2D eigenvalue weighted by molar-refractivity contribution is 8.03. The Kier molecular flexibility index (Phi) is 5.80. The Labute approximate surface area is 53.1 Å². The van der Waals surface area contributed by atoms with E-state index in [1.165, 1.54) is 11.8 Å². The zero-order valence-electron chi connectivity index (χ0n) is 4.42. The van der Waals surface area contributed by atoms with Crippen molar-refractivity contribution in [2.45, 2.75) is 12.8 Å². The molecule has 0 amide bonds. The second kappa shape index (κ2) is 6.33. The Hall–Kier alpha value is -0.670. The monoisotopic (exact) mass is 126 g/mol. The minimum Gasteiger partial charge on any atom is -0.198 e. The Balaban J connectivity index is 2.77. The number of nitrogens with zero attached hydrogens (tertiary/aromatic N) is 2. The molecular formula is C5H6N2S. The number of unbranched alkanes of at least 4 members (excludes halogenated alkanes) is 1. The van der Waals surface area contributed by atoms with Gasteiger partial charge in [-0.1, -0.05) is 0 Å². The third-order valence-corrected chi connectivity index (χ3v) is 1.22. The van der Waals surface area contributed by atoms with Crippen molar-refractivity contribution in [3.8, 4) is 11.5 Å². The second-order valence-electron chi connectivity index (χ2n) is 1.20. The van der Waals surface area contributed by atoms with Gasteiger partial charge >= 0.3 is 0 Å². The largest absolute Gasteiger partial charge is 0.198 e. The standard InChI is InChI=1S/C5H6N2S/c6-3-1-2-4-8-5-7/h1-2,4H2. The lowest BCUT2D eigenvalue weighted by Crippen LogP contribution is -1.73. The van der Waals surface area contributed by atoms with Crippen LogP contribution in [-0.2, 0) is 0 Å². The lowest BCUT2D eigenvalue weighted by Gasteiger charge is -1.82. The molecule has 42 valence electrons. The number of thiocyanates is 1. The summed E-state index contributed by atoms with van der Waals surface area (Å²) in [6.07, 6.45) is 1.39. The van der Waals surface area contributed by atoms with Gasteiger partial charge in [0.05, 0.1) is 6.07 Å². The van der Waals surface area contributed by atoms with Crippen LogP contribution in [-0.4, -0.2) is 5.75 Å². The lowest BCUT2D eigenvalue weighted by atomic mass is 10.4. The maximum atomic E-state index is 8.02. The molecule has 8 heavy (non-hydrogen) atoms. The summed E-state index contributed by atoms with van der Waals surface area (Å²) in [5, 5.41) is 18.0. The van der Waals surface area contributed by atoms with E-state index in [4.69, 9.17) is 10.5 Å². The molecular weight excluding hydrogens is 120 g/mol. The summed E-state index contributed by atoms with van der Waals surface area (Å²) in [5.74, 6) is 0.782. The quantitative estimate of drug-likeness (QED) is 0.425. The van der Waals surface area contributed by atoms with E-state index < -0.39 is 0 Å². The molecule has 0 aliphatic heterocycles. The molecule has 0 bridgehead atoms. The van der Waals surface area contributed by atoms with Crippen molar-refractivity contribution in [2.24, 2.45) is 0 Å². The van der Waals surface area contributed by atoms with Gasteiger partial charge in [-0.15, -0.1) is 0 Å². The molecule has 0 heterocycles. The third kappa shape index (κ3) is 5.33. The minimum atomic E-state index is 0.564. The molecule has 3 heteroatoms. The summed E-state index contributed by atoms with van der Waals surface area (Å²) < 4.78 is 0. The van der Waals surface area contributed by atoms with E-state index in [2.05, 4.69) is 0 Å². The van der Waals surface area contributed by atoms with E-state index in [1.807, 2.05) is 11.5 Å². The average molecular weight is 126 g/mol. The van der Waals surface area contributed by atoms with E-state index >= 15 is 0 Å². The molecule has 0 aliphatic carbocycles. The summed E-state index contributed by atoms with van der Waals surface area (Å²) in [5.41, 5.74) is 0. The van der Waals surface area contributed by atoms with Crippen LogP contribution in [0.1, 0.15) is 12.8 Å². The summed E-state index contributed by atoms with van der Waals surface area (Å²) in [6.45, 7) is 0. The molecule has 0 spiro atoms. The molecule has 0 rings (SSSR count). The van der Waals surface area contributed by atoms with Crippen molar-refractivity contribution in [3.05, 3.63) is 0 Å². The molecule has 0 aromatic carbocycles. The first-order valence-electron chi connectivity index (χ1n) is 2.29. The minimum absolute atomic E-state index is 0.564. The van der Waals surface area contributed by atoms with Crippen molar-refractivity contribution in [3.63, 3.8) is 0 Å². The maximum Gasteiger partial charge on any atom is 0.133 e. The first kappa shape index (κ1) is 7.33. The van der Waals surface area contributed by atoms with Crippen molar-refractivity contribution < 1.29 is 0 Å². The van der Waals surface area contributed by atoms with Crippen molar-refractivity contribution in [1.29, 1.82) is 10.5 Å². The van der Waals surface area contributed by atoms with Gasteiger partial charge in [0.25, 0.3) is 0 Å². The van der Waals surface area contributed by atoms with Crippen LogP contribution in [0.3, 0.4) is 0 Å². The lowest BCUT2D eigenvalue weighted by molar-refractivity contribution is 0.984. The van der Waals surface area contributed by atoms with Crippen LogP contribution in [0.2, 0.25) is 0 Å². The van der Waals surface area contributed by atoms with Crippen LogP contribution in [0.15, 0.2) is 0 Å². The van der Waals surface area contributed by atoms with Gasteiger partial charge in [-0.2, -0.15) is 10.5 Å². The predicted octanol–water partition coefficient (Wildman–Crippen LogP) is 1.50. The van der Waals surface area contributed by atoms with Gasteiger partial charge in [-0.25, -0.2) is 0 Å². The highest BCUT2D eigenvalue weighted by Gasteiger charge is 1.83. The molecule has 0 fully saturated rings.